The topological polar surface area (TPSA) is 432 Å². The number of carbonyl (C=O) groups is 10. The van der Waals surface area contributed by atoms with Crippen molar-refractivity contribution >= 4 is 75.9 Å². The Hall–Kier alpha value is -9.08. The molecule has 0 saturated carbocycles. The minimum absolute atomic E-state index is 0.0475. The molecular weight excluding hydrogens is 1120 g/mol. The highest BCUT2D eigenvalue weighted by Crippen LogP contribution is 2.22. The van der Waals surface area contributed by atoms with E-state index in [1.165, 1.54) is 50.6 Å². The minimum atomic E-state index is -4.53. The van der Waals surface area contributed by atoms with E-state index in [0.717, 1.165) is 4.90 Å². The molecule has 2 aliphatic rings. The number of aliphatic imine (C=N–C) groups is 1. The number of aliphatic hydroxyl groups excluding tert-OH is 1. The number of aromatic amines is 2. The Bertz CT molecular complexity index is 3490. The molecule has 2 saturated heterocycles. The average molecular weight is 1220 g/mol. The van der Waals surface area contributed by atoms with E-state index in [4.69, 9.17) is 21.1 Å². The fourth-order valence-electron chi connectivity index (χ4n) is 9.97. The zero-order chi connectivity index (χ0) is 72.0. The Labute approximate surface area is 518 Å². The first kappa shape index (κ1) is 53.4. The number of hydrogen-bond donors (Lipinski definition) is 15. The molecule has 17 N–H and O–H groups in total. The average Bonchev–Trinajstić information content (AvgIpc) is 1.41. The lowest BCUT2D eigenvalue weighted by atomic mass is 9.98. The monoisotopic (exact) mass is 1220 g/mol. The van der Waals surface area contributed by atoms with Crippen LogP contribution in [0, 0.1) is 11.8 Å². The van der Waals surface area contributed by atoms with Gasteiger partial charge in [-0.3, -0.25) is 52.9 Å². The van der Waals surface area contributed by atoms with Gasteiger partial charge in [0.1, 0.15) is 60.1 Å². The number of carbonyl (C=O) groups excluding carboxylic acids is 10. The molecule has 2 aromatic carbocycles. The van der Waals surface area contributed by atoms with Gasteiger partial charge in [-0.05, 0) is 93.0 Å². The summed E-state index contributed by atoms with van der Waals surface area (Å²) in [6.07, 6.45) is -1.58. The van der Waals surface area contributed by atoms with Crippen LogP contribution in [-0.2, 0) is 67.2 Å². The molecule has 9 atom stereocenters. The molecule has 0 aliphatic carbocycles. The molecule has 28 heteroatoms. The van der Waals surface area contributed by atoms with Crippen LogP contribution in [0.25, 0.3) is 10.9 Å². The molecule has 10 amide bonds. The molecule has 0 unspecified atom stereocenters. The van der Waals surface area contributed by atoms with Crippen LogP contribution in [0.3, 0.4) is 0 Å². The number of aliphatic hydroxyl groups is 1. The van der Waals surface area contributed by atoms with Crippen LogP contribution in [0.15, 0.2) is 72.2 Å². The SMILES string of the molecule is [2H]C([2H])([2H])C([2H])(C([2H])([2H])[2H])C([2H])([2H])[C@@]([2H])(NC(=O)[C@@H](CC(C)C)NC(=O)[C@H](Cc1ccc(O)cc1)NC(=O)[C@H](CO)NC(=O)[C@H](Cc1c[nH]c2ccccc12)NC(=O)[C@H](Cc1cnc[nH]1)NC(=O)[C@@H]1CCC(=O)N1)C(=O)N[C@@H](CCCN=C(N)N)C(=O)N1CCC[C@H]1C(=O)NCC. The molecule has 2 aromatic heterocycles. The van der Waals surface area contributed by atoms with Crippen molar-refractivity contribution in [3.63, 3.8) is 0 Å². The van der Waals surface area contributed by atoms with E-state index >= 15 is 9.59 Å². The van der Waals surface area contributed by atoms with Gasteiger partial charge in [-0.15, -0.1) is 0 Å². The van der Waals surface area contributed by atoms with Crippen LogP contribution in [0.2, 0.25) is 0 Å². The normalized spacial score (nSPS) is 19.8. The van der Waals surface area contributed by atoms with Gasteiger partial charge in [-0.1, -0.05) is 57.9 Å². The number of aromatic nitrogens is 3. The standard InChI is InChI=1S/C59H84N16O12/c1-6-63-57(86)48-14-10-22-75(48)58(87)41(13-9-21-64-59(60)61)68-51(80)42(23-32(2)3)69-52(81)43(24-33(4)5)70-53(82)44(25-34-15-17-37(77)18-16-34)71-56(85)47(30-76)74-54(83)45(26-35-28-65-39-12-8-7-11-38(35)39)72-55(84)46(27-36-29-62-31-66-36)73-50(79)40-19-20-49(78)67-40/h7-8,11-12,15-18,28-29,31-33,40-48,65,76-77H,6,9-10,13-14,19-27,30H2,1-5H3,(H,62,66)(H,63,86)(H,67,78)(H,68,80)(H,69,81)(H,70,82)(H,71,85)(H,72,84)(H,73,79)(H,74,83)(H4,60,61,64)/t40-,41-,42+,43+,44-,45-,46-,47-,48-/m0/s1/i2D3,3D3,23D2,32D,42D. The molecule has 4 aromatic rings. The summed E-state index contributed by atoms with van der Waals surface area (Å²) in [6, 6.07) is -4.93. The number of aromatic hydroxyl groups is 1. The highest BCUT2D eigenvalue weighted by Gasteiger charge is 2.40. The molecule has 2 aliphatic heterocycles. The molecule has 472 valence electrons. The number of nitrogens with one attached hydrogen (secondary N) is 11. The zero-order valence-electron chi connectivity index (χ0n) is 58.4. The maximum Gasteiger partial charge on any atom is 0.245 e. The Kier molecular flexibility index (Phi) is 19.9. The number of para-hydroxylation sites is 1. The van der Waals surface area contributed by atoms with E-state index < -0.39 is 165 Å². The first-order valence-corrected chi connectivity index (χ1v) is 28.5. The Balaban J connectivity index is 1.34. The smallest absolute Gasteiger partial charge is 0.245 e. The number of nitrogens with zero attached hydrogens (tertiary/aromatic N) is 3. The first-order chi connectivity index (χ1) is 45.5. The summed E-state index contributed by atoms with van der Waals surface area (Å²) < 4.78 is 86.6. The molecule has 6 rings (SSSR count). The van der Waals surface area contributed by atoms with Gasteiger partial charge in [0.15, 0.2) is 5.96 Å². The van der Waals surface area contributed by atoms with Gasteiger partial charge < -0.3 is 84.4 Å². The van der Waals surface area contributed by atoms with Crippen molar-refractivity contribution < 1.29 is 71.9 Å². The highest BCUT2D eigenvalue weighted by molar-refractivity contribution is 5.99. The largest absolute Gasteiger partial charge is 0.508 e. The van der Waals surface area contributed by atoms with Crippen LogP contribution in [0.1, 0.15) is 116 Å². The number of nitrogens with two attached hydrogens (primary N) is 2. The third-order valence-electron chi connectivity index (χ3n) is 14.3. The molecule has 0 bridgehead atoms. The quantitative estimate of drug-likeness (QED) is 0.0151. The van der Waals surface area contributed by atoms with Gasteiger partial charge in [-0.25, -0.2) is 4.98 Å². The van der Waals surface area contributed by atoms with Crippen LogP contribution in [0.4, 0.5) is 0 Å². The van der Waals surface area contributed by atoms with Crippen molar-refractivity contribution in [3.8, 4) is 5.75 Å². The lowest BCUT2D eigenvalue weighted by Gasteiger charge is -2.31. The van der Waals surface area contributed by atoms with Crippen molar-refractivity contribution in [2.24, 2.45) is 28.3 Å². The van der Waals surface area contributed by atoms with E-state index in [0.29, 0.717) is 28.6 Å². The number of fused-ring (bicyclic) bond motifs is 1. The molecule has 87 heavy (non-hydrogen) atoms. The molecule has 2 fully saturated rings. The number of likely N-dealkylation sites (N-methyl/N-ethyl adjacent to an activating group) is 1. The highest BCUT2D eigenvalue weighted by atomic mass is 16.3. The summed E-state index contributed by atoms with van der Waals surface area (Å²) in [6.45, 7) is -5.02. The van der Waals surface area contributed by atoms with Crippen molar-refractivity contribution in [1.29, 1.82) is 0 Å². The minimum Gasteiger partial charge on any atom is -0.508 e. The van der Waals surface area contributed by atoms with Crippen LogP contribution in [0.5, 0.6) is 5.75 Å². The second kappa shape index (κ2) is 32.4. The van der Waals surface area contributed by atoms with Gasteiger partial charge in [0.25, 0.3) is 0 Å². The molecular formula is C59H84N16O12. The number of H-pyrrole nitrogens is 2. The van der Waals surface area contributed by atoms with E-state index in [1.807, 2.05) is 0 Å². The number of rotatable bonds is 32. The molecule has 0 radical (unpaired) electrons. The third-order valence-corrected chi connectivity index (χ3v) is 14.3. The van der Waals surface area contributed by atoms with E-state index in [9.17, 15) is 52.7 Å². The summed E-state index contributed by atoms with van der Waals surface area (Å²) in [5.74, 6) is -16.6. The van der Waals surface area contributed by atoms with Gasteiger partial charge in [-0.2, -0.15) is 0 Å². The Morgan fingerprint density at radius 1 is 0.793 bits per heavy atom. The lowest BCUT2D eigenvalue weighted by Crippen LogP contribution is -2.61. The van der Waals surface area contributed by atoms with Gasteiger partial charge in [0.2, 0.25) is 59.1 Å². The van der Waals surface area contributed by atoms with Crippen LogP contribution >= 0.6 is 0 Å². The van der Waals surface area contributed by atoms with Crippen molar-refractivity contribution in [1.82, 2.24) is 67.7 Å². The predicted octanol–water partition coefficient (Wildman–Crippen LogP) is -1.44. The zero-order valence-corrected chi connectivity index (χ0v) is 48.4. The second-order valence-electron chi connectivity index (χ2n) is 21.4. The number of hydrogen-bond acceptors (Lipinski definition) is 14. The van der Waals surface area contributed by atoms with E-state index in [1.54, 1.807) is 42.7 Å². The fourth-order valence-corrected chi connectivity index (χ4v) is 9.97. The summed E-state index contributed by atoms with van der Waals surface area (Å²) in [5, 5.41) is 43.2. The van der Waals surface area contributed by atoms with Gasteiger partial charge in [0, 0.05) is 86.6 Å². The van der Waals surface area contributed by atoms with Crippen LogP contribution in [-0.4, -0.2) is 176 Å². The second-order valence-corrected chi connectivity index (χ2v) is 21.4. The number of guanidine groups is 1. The van der Waals surface area contributed by atoms with Gasteiger partial charge in [0.05, 0.1) is 14.3 Å². The number of likely N-dealkylation sites (tertiary alicyclic amines) is 1. The molecule has 28 nitrogen and oxygen atoms in total. The Morgan fingerprint density at radius 3 is 2.07 bits per heavy atom. The van der Waals surface area contributed by atoms with Crippen molar-refractivity contribution in [2.75, 3.05) is 26.2 Å². The van der Waals surface area contributed by atoms with Gasteiger partial charge >= 0.3 is 0 Å². The van der Waals surface area contributed by atoms with Crippen molar-refractivity contribution in [3.05, 3.63) is 84.1 Å². The number of amides is 10. The van der Waals surface area contributed by atoms with Crippen molar-refractivity contribution in [2.45, 2.75) is 159 Å². The number of phenolic OH excluding ortho intramolecular Hbond substituents is 1. The third kappa shape index (κ3) is 20.0. The summed E-state index contributed by atoms with van der Waals surface area (Å²) in [5.41, 5.74) is 12.7. The summed E-state index contributed by atoms with van der Waals surface area (Å²) >= 11 is 0. The summed E-state index contributed by atoms with van der Waals surface area (Å²) in [4.78, 5) is 157. The summed E-state index contributed by atoms with van der Waals surface area (Å²) in [7, 11) is 0. The maximum absolute atomic E-state index is 15.1. The fraction of sp³-hybridized carbons (Fsp3) is 0.525. The molecule has 4 heterocycles. The number of imidazole rings is 1. The number of phenols is 1. The first-order valence-electron chi connectivity index (χ1n) is 33.5. The van der Waals surface area contributed by atoms with Crippen LogP contribution < -0.4 is 59.3 Å². The lowest BCUT2D eigenvalue weighted by molar-refractivity contribution is -0.142. The molecule has 0 spiro atoms. The maximum atomic E-state index is 15.1. The number of benzene rings is 2. The van der Waals surface area contributed by atoms with E-state index in [-0.39, 0.29) is 81.3 Å². The Morgan fingerprint density at radius 2 is 1.44 bits per heavy atom. The van der Waals surface area contributed by atoms with E-state index in [2.05, 4.69) is 62.5 Å². The predicted molar refractivity (Wildman–Crippen MR) is 320 cm³/mol.